The second-order valence-corrected chi connectivity index (χ2v) is 14.4. The standard InChI is InChI=1S/C35H64F3N7O6/c1-7-8-9-13-17-45(18-16-41-31(48)23(4)24(5)46)28(20-35(36,37)38)34(51)44(6)27(19-22(2)3)32(49)43-29(25-14-11-10-12-15-25)33(50)42-26(21-39)30(40)47/h22-29,46H,7-21,39H2,1-6H3,(H2,40,47)(H,41,48)(H,42,50)(H,43,49)/t23-,24-,26-,27-,28-,29-/m0/s1. The highest BCUT2D eigenvalue weighted by Gasteiger charge is 2.43. The average molecular weight is 736 g/mol. The van der Waals surface area contributed by atoms with Crippen molar-refractivity contribution in [2.24, 2.45) is 29.2 Å². The van der Waals surface area contributed by atoms with Crippen LogP contribution in [0.3, 0.4) is 0 Å². The zero-order chi connectivity index (χ0) is 38.9. The zero-order valence-electron chi connectivity index (χ0n) is 31.4. The minimum atomic E-state index is -4.73. The summed E-state index contributed by atoms with van der Waals surface area (Å²) in [5, 5.41) is 17.7. The third-order valence-electron chi connectivity index (χ3n) is 9.69. The Labute approximate surface area is 301 Å². The molecule has 0 saturated heterocycles. The molecular formula is C35H64F3N7O6. The number of carbonyl (C=O) groups excluding carboxylic acids is 5. The minimum absolute atomic E-state index is 0.0573. The largest absolute Gasteiger partial charge is 0.393 e. The van der Waals surface area contributed by atoms with Crippen LogP contribution in [0.1, 0.15) is 105 Å². The number of aliphatic hydroxyl groups excluding tert-OH is 1. The van der Waals surface area contributed by atoms with E-state index in [1.807, 2.05) is 20.8 Å². The third-order valence-corrected chi connectivity index (χ3v) is 9.69. The Bertz CT molecular complexity index is 1100. The van der Waals surface area contributed by atoms with Gasteiger partial charge in [-0.15, -0.1) is 0 Å². The van der Waals surface area contributed by atoms with Crippen molar-refractivity contribution >= 4 is 29.5 Å². The van der Waals surface area contributed by atoms with Gasteiger partial charge in [-0.2, -0.15) is 13.2 Å². The number of hydrogen-bond acceptors (Lipinski definition) is 8. The molecule has 5 amide bonds. The predicted molar refractivity (Wildman–Crippen MR) is 189 cm³/mol. The first-order chi connectivity index (χ1) is 23.8. The van der Waals surface area contributed by atoms with Gasteiger partial charge < -0.3 is 37.4 Å². The molecule has 1 saturated carbocycles. The first kappa shape index (κ1) is 46.0. The Hall–Kier alpha value is -2.98. The van der Waals surface area contributed by atoms with Crippen LogP contribution in [0.5, 0.6) is 0 Å². The molecule has 296 valence electrons. The first-order valence-corrected chi connectivity index (χ1v) is 18.5. The number of nitrogens with zero attached hydrogens (tertiary/aromatic N) is 2. The zero-order valence-corrected chi connectivity index (χ0v) is 31.4. The normalized spacial score (nSPS) is 17.6. The molecule has 1 rings (SSSR count). The monoisotopic (exact) mass is 735 g/mol. The Morgan fingerprint density at radius 3 is 2.02 bits per heavy atom. The number of carbonyl (C=O) groups is 5. The molecule has 0 aromatic heterocycles. The van der Waals surface area contributed by atoms with Crippen molar-refractivity contribution < 1.29 is 42.3 Å². The summed E-state index contributed by atoms with van der Waals surface area (Å²) >= 11 is 0. The number of likely N-dealkylation sites (N-methyl/N-ethyl adjacent to an activating group) is 1. The quantitative estimate of drug-likeness (QED) is 0.0858. The number of nitrogens with two attached hydrogens (primary N) is 2. The van der Waals surface area contributed by atoms with Crippen LogP contribution in [0.25, 0.3) is 0 Å². The second kappa shape index (κ2) is 22.8. The molecule has 0 bridgehead atoms. The van der Waals surface area contributed by atoms with Gasteiger partial charge in [0.2, 0.25) is 29.5 Å². The molecule has 13 nitrogen and oxygen atoms in total. The van der Waals surface area contributed by atoms with Crippen LogP contribution < -0.4 is 27.4 Å². The predicted octanol–water partition coefficient (Wildman–Crippen LogP) is 2.19. The molecule has 0 aromatic carbocycles. The van der Waals surface area contributed by atoms with Crippen molar-refractivity contribution in [3.05, 3.63) is 0 Å². The average Bonchev–Trinajstić information content (AvgIpc) is 3.06. The van der Waals surface area contributed by atoms with Crippen LogP contribution in [-0.4, -0.2) is 114 Å². The van der Waals surface area contributed by atoms with Gasteiger partial charge in [-0.25, -0.2) is 0 Å². The van der Waals surface area contributed by atoms with Crippen molar-refractivity contribution in [1.82, 2.24) is 25.8 Å². The molecule has 0 radical (unpaired) electrons. The highest BCUT2D eigenvalue weighted by atomic mass is 19.4. The number of primary amides is 1. The molecule has 1 fully saturated rings. The maximum Gasteiger partial charge on any atom is 0.391 e. The lowest BCUT2D eigenvalue weighted by atomic mass is 9.83. The molecule has 16 heteroatoms. The van der Waals surface area contributed by atoms with Crippen LogP contribution in [0.2, 0.25) is 0 Å². The number of unbranched alkanes of at least 4 members (excludes halogenated alkanes) is 3. The highest BCUT2D eigenvalue weighted by Crippen LogP contribution is 2.29. The van der Waals surface area contributed by atoms with Gasteiger partial charge in [0.15, 0.2) is 0 Å². The van der Waals surface area contributed by atoms with E-state index in [4.69, 9.17) is 11.5 Å². The van der Waals surface area contributed by atoms with Crippen LogP contribution >= 0.6 is 0 Å². The van der Waals surface area contributed by atoms with E-state index in [1.54, 1.807) is 0 Å². The molecule has 51 heavy (non-hydrogen) atoms. The summed E-state index contributed by atoms with van der Waals surface area (Å²) in [7, 11) is 1.30. The number of alkyl halides is 3. The van der Waals surface area contributed by atoms with Gasteiger partial charge >= 0.3 is 6.18 Å². The highest BCUT2D eigenvalue weighted by molar-refractivity contribution is 5.94. The number of aliphatic hydroxyl groups is 1. The maximum atomic E-state index is 14.2. The fraction of sp³-hybridized carbons (Fsp3) is 0.857. The van der Waals surface area contributed by atoms with Crippen molar-refractivity contribution in [2.45, 2.75) is 142 Å². The lowest BCUT2D eigenvalue weighted by Crippen LogP contribution is -2.61. The smallest absolute Gasteiger partial charge is 0.391 e. The molecule has 6 atom stereocenters. The molecule has 0 aliphatic heterocycles. The summed E-state index contributed by atoms with van der Waals surface area (Å²) < 4.78 is 42.4. The number of halogens is 3. The first-order valence-electron chi connectivity index (χ1n) is 18.5. The van der Waals surface area contributed by atoms with Crippen molar-refractivity contribution in [1.29, 1.82) is 0 Å². The van der Waals surface area contributed by atoms with E-state index in [0.717, 1.165) is 43.4 Å². The third kappa shape index (κ3) is 16.5. The summed E-state index contributed by atoms with van der Waals surface area (Å²) in [6.07, 6.45) is -0.204. The van der Waals surface area contributed by atoms with Crippen LogP contribution in [-0.2, 0) is 24.0 Å². The maximum absolute atomic E-state index is 14.2. The van der Waals surface area contributed by atoms with Crippen LogP contribution in [0.4, 0.5) is 13.2 Å². The Balaban J connectivity index is 3.45. The molecule has 0 aromatic rings. The number of rotatable bonds is 23. The fourth-order valence-corrected chi connectivity index (χ4v) is 6.36. The van der Waals surface area contributed by atoms with E-state index in [9.17, 15) is 42.3 Å². The molecular weight excluding hydrogens is 671 g/mol. The second-order valence-electron chi connectivity index (χ2n) is 14.4. The molecule has 0 spiro atoms. The SMILES string of the molecule is CCCCCCN(CCNC(=O)[C@@H](C)[C@H](C)O)[C@@H](CC(F)(F)F)C(=O)N(C)[C@@H](CC(C)C)C(=O)N[C@H](C(=O)N[C@@H](CN)C(N)=O)C1CCCCC1. The van der Waals surface area contributed by atoms with Gasteiger partial charge in [0.1, 0.15) is 18.1 Å². The van der Waals surface area contributed by atoms with Gasteiger partial charge in [-0.3, -0.25) is 28.9 Å². The van der Waals surface area contributed by atoms with Crippen molar-refractivity contribution in [3.8, 4) is 0 Å². The summed E-state index contributed by atoms with van der Waals surface area (Å²) in [6.45, 7) is 8.38. The molecule has 0 heterocycles. The van der Waals surface area contributed by atoms with Gasteiger partial charge in [-0.05, 0) is 51.0 Å². The summed E-state index contributed by atoms with van der Waals surface area (Å²) in [6, 6.07) is -5.16. The Morgan fingerprint density at radius 2 is 1.51 bits per heavy atom. The summed E-state index contributed by atoms with van der Waals surface area (Å²) in [5.41, 5.74) is 11.0. The molecule has 8 N–H and O–H groups in total. The van der Waals surface area contributed by atoms with E-state index in [-0.39, 0.29) is 44.4 Å². The lowest BCUT2D eigenvalue weighted by Gasteiger charge is -2.38. The summed E-state index contributed by atoms with van der Waals surface area (Å²) in [4.78, 5) is 68.5. The van der Waals surface area contributed by atoms with Gasteiger partial charge in [0.25, 0.3) is 0 Å². The number of hydrogen-bond donors (Lipinski definition) is 6. The van der Waals surface area contributed by atoms with Gasteiger partial charge in [0.05, 0.1) is 24.5 Å². The van der Waals surface area contributed by atoms with E-state index in [1.165, 1.54) is 25.8 Å². The van der Waals surface area contributed by atoms with Gasteiger partial charge in [0, 0.05) is 26.7 Å². The van der Waals surface area contributed by atoms with E-state index >= 15 is 0 Å². The van der Waals surface area contributed by atoms with E-state index in [0.29, 0.717) is 19.3 Å². The number of amides is 5. The Morgan fingerprint density at radius 1 is 0.882 bits per heavy atom. The topological polar surface area (TPSA) is 200 Å². The molecule has 0 unspecified atom stereocenters. The Kier molecular flexibility index (Phi) is 20.6. The number of nitrogens with one attached hydrogen (secondary N) is 3. The van der Waals surface area contributed by atoms with Crippen molar-refractivity contribution in [3.63, 3.8) is 0 Å². The molecule has 1 aliphatic rings. The summed E-state index contributed by atoms with van der Waals surface area (Å²) in [5.74, 6) is -4.75. The van der Waals surface area contributed by atoms with Crippen molar-refractivity contribution in [2.75, 3.05) is 33.2 Å². The van der Waals surface area contributed by atoms with Crippen LogP contribution in [0.15, 0.2) is 0 Å². The van der Waals surface area contributed by atoms with Crippen LogP contribution in [0, 0.1) is 17.8 Å². The van der Waals surface area contributed by atoms with Gasteiger partial charge in [-0.1, -0.05) is 66.2 Å². The lowest BCUT2D eigenvalue weighted by molar-refractivity contribution is -0.164. The van der Waals surface area contributed by atoms with E-state index < -0.39 is 78.3 Å². The molecule has 1 aliphatic carbocycles. The van der Waals surface area contributed by atoms with E-state index in [2.05, 4.69) is 16.0 Å². The minimum Gasteiger partial charge on any atom is -0.393 e. The fourth-order valence-electron chi connectivity index (χ4n) is 6.36.